The smallest absolute Gasteiger partial charge is 0.288 e. The van der Waals surface area contributed by atoms with Crippen molar-refractivity contribution in [1.29, 1.82) is 0 Å². The minimum atomic E-state index is -0.624. The molecular formula is C20H22N4O3S. The third-order valence-electron chi connectivity index (χ3n) is 5.27. The Morgan fingerprint density at radius 1 is 1.29 bits per heavy atom. The molecule has 0 saturated carbocycles. The van der Waals surface area contributed by atoms with Crippen molar-refractivity contribution in [2.24, 2.45) is 0 Å². The summed E-state index contributed by atoms with van der Waals surface area (Å²) in [4.78, 5) is 37.2. The molecule has 146 valence electrons. The van der Waals surface area contributed by atoms with E-state index in [0.717, 1.165) is 47.2 Å². The van der Waals surface area contributed by atoms with Crippen molar-refractivity contribution in [1.82, 2.24) is 20.0 Å². The molecule has 2 heterocycles. The molecule has 28 heavy (non-hydrogen) atoms. The van der Waals surface area contributed by atoms with E-state index < -0.39 is 5.25 Å². The Balaban J connectivity index is 1.43. The van der Waals surface area contributed by atoms with Gasteiger partial charge in [0.05, 0.1) is 18.8 Å². The van der Waals surface area contributed by atoms with Crippen LogP contribution >= 0.6 is 11.8 Å². The molecule has 1 aromatic heterocycles. The van der Waals surface area contributed by atoms with Crippen molar-refractivity contribution in [3.8, 4) is 0 Å². The first kappa shape index (κ1) is 18.7. The largest absolute Gasteiger partial charge is 0.349 e. The number of nitrogens with zero attached hydrogens (tertiary/aromatic N) is 3. The molecule has 4 rings (SSSR count). The molecule has 7 nitrogen and oxygen atoms in total. The zero-order valence-electron chi connectivity index (χ0n) is 15.6. The molecule has 1 aliphatic heterocycles. The van der Waals surface area contributed by atoms with Crippen LogP contribution in [0.2, 0.25) is 0 Å². The van der Waals surface area contributed by atoms with Gasteiger partial charge in [-0.3, -0.25) is 24.0 Å². The van der Waals surface area contributed by atoms with Crippen LogP contribution in [0.3, 0.4) is 0 Å². The number of carbonyl (C=O) groups is 3. The van der Waals surface area contributed by atoms with E-state index in [-0.39, 0.29) is 29.5 Å². The number of rotatable bonds is 5. The van der Waals surface area contributed by atoms with Crippen LogP contribution in [-0.2, 0) is 22.6 Å². The van der Waals surface area contributed by atoms with E-state index in [9.17, 15) is 14.4 Å². The van der Waals surface area contributed by atoms with Gasteiger partial charge in [0.1, 0.15) is 5.25 Å². The second-order valence-corrected chi connectivity index (χ2v) is 8.33. The minimum absolute atomic E-state index is 0.0174. The number of imide groups is 1. The molecule has 1 aliphatic carbocycles. The van der Waals surface area contributed by atoms with Gasteiger partial charge in [0.2, 0.25) is 11.8 Å². The first-order valence-corrected chi connectivity index (χ1v) is 10.3. The second-order valence-electron chi connectivity index (χ2n) is 7.18. The Morgan fingerprint density at radius 3 is 2.79 bits per heavy atom. The number of hydrogen-bond donors (Lipinski definition) is 1. The first-order chi connectivity index (χ1) is 13.5. The van der Waals surface area contributed by atoms with Crippen molar-refractivity contribution >= 4 is 28.8 Å². The number of thioether (sulfide) groups is 1. The number of benzene rings is 1. The summed E-state index contributed by atoms with van der Waals surface area (Å²) in [6.45, 7) is 0.707. The maximum absolute atomic E-state index is 12.5. The molecule has 2 unspecified atom stereocenters. The Bertz CT molecular complexity index is 911. The Labute approximate surface area is 167 Å². The van der Waals surface area contributed by atoms with E-state index in [1.807, 2.05) is 29.1 Å². The fourth-order valence-electron chi connectivity index (χ4n) is 3.77. The quantitative estimate of drug-likeness (QED) is 0.837. The highest BCUT2D eigenvalue weighted by molar-refractivity contribution is 8.15. The van der Waals surface area contributed by atoms with Crippen molar-refractivity contribution in [2.75, 3.05) is 7.05 Å². The number of carbonyl (C=O) groups excluding carboxylic acids is 3. The SMILES string of the molecule is CN1C(=O)SC(CC(=O)NC2CCCc3c2cnn3Cc2ccccc2)C1=O. The number of nitrogens with one attached hydrogen (secondary N) is 1. The molecule has 2 aromatic rings. The van der Waals surface area contributed by atoms with E-state index in [4.69, 9.17) is 0 Å². The average Bonchev–Trinajstić information content (AvgIpc) is 3.20. The molecule has 2 aliphatic rings. The molecule has 0 radical (unpaired) electrons. The molecule has 1 N–H and O–H groups in total. The van der Waals surface area contributed by atoms with Crippen LogP contribution in [0.5, 0.6) is 0 Å². The first-order valence-electron chi connectivity index (χ1n) is 9.39. The maximum atomic E-state index is 12.5. The second kappa shape index (κ2) is 7.79. The maximum Gasteiger partial charge on any atom is 0.288 e. The Kier molecular flexibility index (Phi) is 5.21. The van der Waals surface area contributed by atoms with E-state index >= 15 is 0 Å². The summed E-state index contributed by atoms with van der Waals surface area (Å²) in [5, 5.41) is 6.66. The summed E-state index contributed by atoms with van der Waals surface area (Å²) in [6.07, 6.45) is 4.61. The molecular weight excluding hydrogens is 376 g/mol. The predicted molar refractivity (Wildman–Crippen MR) is 106 cm³/mol. The van der Waals surface area contributed by atoms with Crippen LogP contribution in [0.1, 0.15) is 42.1 Å². The van der Waals surface area contributed by atoms with Crippen LogP contribution in [-0.4, -0.2) is 44.0 Å². The molecule has 1 aromatic carbocycles. The normalized spacial score (nSPS) is 21.7. The highest BCUT2D eigenvalue weighted by atomic mass is 32.2. The zero-order valence-corrected chi connectivity index (χ0v) is 16.4. The number of amides is 3. The van der Waals surface area contributed by atoms with Crippen LogP contribution in [0.4, 0.5) is 4.79 Å². The van der Waals surface area contributed by atoms with Crippen LogP contribution in [0.15, 0.2) is 36.5 Å². The molecule has 1 fully saturated rings. The van der Waals surface area contributed by atoms with Gasteiger partial charge in [0.25, 0.3) is 5.24 Å². The highest BCUT2D eigenvalue weighted by Gasteiger charge is 2.38. The average molecular weight is 398 g/mol. The van der Waals surface area contributed by atoms with Gasteiger partial charge in [-0.05, 0) is 24.8 Å². The van der Waals surface area contributed by atoms with Crippen LogP contribution in [0.25, 0.3) is 0 Å². The van der Waals surface area contributed by atoms with Gasteiger partial charge in [0.15, 0.2) is 0 Å². The van der Waals surface area contributed by atoms with Gasteiger partial charge >= 0.3 is 0 Å². The summed E-state index contributed by atoms with van der Waals surface area (Å²) in [6, 6.07) is 10.1. The summed E-state index contributed by atoms with van der Waals surface area (Å²) in [5.74, 6) is -0.507. The summed E-state index contributed by atoms with van der Waals surface area (Å²) in [7, 11) is 1.45. The molecule has 8 heteroatoms. The Morgan fingerprint density at radius 2 is 2.07 bits per heavy atom. The lowest BCUT2D eigenvalue weighted by atomic mass is 9.92. The molecule has 0 spiro atoms. The summed E-state index contributed by atoms with van der Waals surface area (Å²) >= 11 is 0.923. The van der Waals surface area contributed by atoms with E-state index in [1.54, 1.807) is 0 Å². The Hall–Kier alpha value is -2.61. The predicted octanol–water partition coefficient (Wildman–Crippen LogP) is 2.51. The van der Waals surface area contributed by atoms with E-state index in [1.165, 1.54) is 12.6 Å². The topological polar surface area (TPSA) is 84.3 Å². The molecule has 1 saturated heterocycles. The van der Waals surface area contributed by atoms with Gasteiger partial charge in [-0.2, -0.15) is 5.10 Å². The fourth-order valence-corrected chi connectivity index (χ4v) is 4.75. The van der Waals surface area contributed by atoms with E-state index in [0.29, 0.717) is 6.54 Å². The zero-order chi connectivity index (χ0) is 19.7. The summed E-state index contributed by atoms with van der Waals surface area (Å²) < 4.78 is 2.01. The lowest BCUT2D eigenvalue weighted by Gasteiger charge is -2.24. The molecule has 0 bridgehead atoms. The lowest BCUT2D eigenvalue weighted by Crippen LogP contribution is -2.35. The van der Waals surface area contributed by atoms with Crippen LogP contribution in [0, 0.1) is 0 Å². The highest BCUT2D eigenvalue weighted by Crippen LogP contribution is 2.31. The van der Waals surface area contributed by atoms with Crippen molar-refractivity contribution in [3.05, 3.63) is 53.3 Å². The van der Waals surface area contributed by atoms with Crippen molar-refractivity contribution < 1.29 is 14.4 Å². The third-order valence-corrected chi connectivity index (χ3v) is 6.40. The van der Waals surface area contributed by atoms with Crippen molar-refractivity contribution in [2.45, 2.75) is 43.5 Å². The monoisotopic (exact) mass is 398 g/mol. The minimum Gasteiger partial charge on any atom is -0.349 e. The fraction of sp³-hybridized carbons (Fsp3) is 0.400. The van der Waals surface area contributed by atoms with Gasteiger partial charge in [0, 0.05) is 24.7 Å². The standard InChI is InChI=1S/C20H22N4O3S/c1-23-19(26)17(28-20(23)27)10-18(25)22-15-8-5-9-16-14(15)11-21-24(16)12-13-6-3-2-4-7-13/h2-4,6-7,11,15,17H,5,8-10,12H2,1H3,(H,22,25). The number of aromatic nitrogens is 2. The van der Waals surface area contributed by atoms with Gasteiger partial charge in [-0.1, -0.05) is 42.1 Å². The number of hydrogen-bond acceptors (Lipinski definition) is 5. The molecule has 3 amide bonds. The van der Waals surface area contributed by atoms with Gasteiger partial charge < -0.3 is 5.32 Å². The molecule has 2 atom stereocenters. The summed E-state index contributed by atoms with van der Waals surface area (Å²) in [5.41, 5.74) is 3.39. The number of fused-ring (bicyclic) bond motifs is 1. The van der Waals surface area contributed by atoms with Crippen LogP contribution < -0.4 is 5.32 Å². The third kappa shape index (κ3) is 3.69. The van der Waals surface area contributed by atoms with E-state index in [2.05, 4.69) is 22.5 Å². The lowest BCUT2D eigenvalue weighted by molar-refractivity contribution is -0.129. The van der Waals surface area contributed by atoms with Gasteiger partial charge in [-0.25, -0.2) is 0 Å². The van der Waals surface area contributed by atoms with Gasteiger partial charge in [-0.15, -0.1) is 0 Å². The van der Waals surface area contributed by atoms with Crippen molar-refractivity contribution in [3.63, 3.8) is 0 Å².